The molecule has 0 saturated carbocycles. The normalized spacial score (nSPS) is 10.8. The predicted molar refractivity (Wildman–Crippen MR) is 73.2 cm³/mol. The maximum absolute atomic E-state index is 13.3. The molecule has 0 atom stereocenters. The minimum Gasteiger partial charge on any atom is -0.508 e. The van der Waals surface area contributed by atoms with Crippen molar-refractivity contribution >= 4 is 0 Å². The number of phenolic OH excluding ortho intramolecular Hbond substituents is 2. The maximum Gasteiger partial charge on any atom is 0.258 e. The summed E-state index contributed by atoms with van der Waals surface area (Å²) in [4.78, 5) is 4.20. The van der Waals surface area contributed by atoms with Crippen molar-refractivity contribution in [2.24, 2.45) is 0 Å². The quantitative estimate of drug-likeness (QED) is 0.756. The number of benzene rings is 2. The summed E-state index contributed by atoms with van der Waals surface area (Å²) in [6, 6.07) is 8.63. The molecule has 0 bridgehead atoms. The first kappa shape index (κ1) is 13.1. The molecule has 0 spiro atoms. The molecule has 0 aliphatic carbocycles. The van der Waals surface area contributed by atoms with Gasteiger partial charge in [-0.2, -0.15) is 4.98 Å². The van der Waals surface area contributed by atoms with Gasteiger partial charge in [-0.3, -0.25) is 0 Å². The Bertz CT molecular complexity index is 814. The van der Waals surface area contributed by atoms with Gasteiger partial charge in [0.1, 0.15) is 5.75 Å². The molecule has 0 amide bonds. The molecule has 3 aromatic rings. The van der Waals surface area contributed by atoms with Gasteiger partial charge in [0.05, 0.1) is 0 Å². The Morgan fingerprint density at radius 1 is 1.10 bits per heavy atom. The van der Waals surface area contributed by atoms with Gasteiger partial charge in [-0.1, -0.05) is 5.16 Å². The molecule has 3 rings (SSSR count). The van der Waals surface area contributed by atoms with Crippen LogP contribution in [0.2, 0.25) is 0 Å². The molecule has 0 aliphatic rings. The first-order valence-electron chi connectivity index (χ1n) is 6.17. The Labute approximate surface area is 119 Å². The topological polar surface area (TPSA) is 79.4 Å². The van der Waals surface area contributed by atoms with Gasteiger partial charge in [-0.15, -0.1) is 0 Å². The number of aromatic hydroxyl groups is 2. The number of hydrogen-bond acceptors (Lipinski definition) is 5. The van der Waals surface area contributed by atoms with Crippen LogP contribution >= 0.6 is 0 Å². The lowest BCUT2D eigenvalue weighted by Crippen LogP contribution is -1.85. The molecule has 6 heteroatoms. The molecule has 0 radical (unpaired) electrons. The number of nitrogens with zero attached hydrogens (tertiary/aromatic N) is 2. The van der Waals surface area contributed by atoms with Crippen molar-refractivity contribution in [3.05, 3.63) is 47.8 Å². The highest BCUT2D eigenvalue weighted by atomic mass is 19.1. The number of hydrogen-bond donors (Lipinski definition) is 2. The van der Waals surface area contributed by atoms with Gasteiger partial charge in [0.25, 0.3) is 5.89 Å². The highest BCUT2D eigenvalue weighted by Crippen LogP contribution is 2.28. The molecule has 2 aromatic carbocycles. The van der Waals surface area contributed by atoms with Gasteiger partial charge in [0, 0.05) is 11.1 Å². The molecule has 5 nitrogen and oxygen atoms in total. The van der Waals surface area contributed by atoms with E-state index in [4.69, 9.17) is 4.52 Å². The van der Waals surface area contributed by atoms with E-state index in [9.17, 15) is 14.6 Å². The van der Waals surface area contributed by atoms with Gasteiger partial charge in [0.15, 0.2) is 11.6 Å². The van der Waals surface area contributed by atoms with Gasteiger partial charge >= 0.3 is 0 Å². The fraction of sp³-hybridized carbons (Fsp3) is 0.0667. The maximum atomic E-state index is 13.3. The third-order valence-electron chi connectivity index (χ3n) is 3.07. The summed E-state index contributed by atoms with van der Waals surface area (Å²) < 4.78 is 18.5. The Hall–Kier alpha value is -2.89. The summed E-state index contributed by atoms with van der Waals surface area (Å²) in [5.74, 6) is -0.541. The zero-order valence-electron chi connectivity index (χ0n) is 11.0. The van der Waals surface area contributed by atoms with Crippen LogP contribution in [0.5, 0.6) is 11.5 Å². The molecule has 0 saturated heterocycles. The Kier molecular flexibility index (Phi) is 3.06. The number of aryl methyl sites for hydroxylation is 1. The van der Waals surface area contributed by atoms with E-state index in [-0.39, 0.29) is 17.5 Å². The first-order chi connectivity index (χ1) is 10.0. The van der Waals surface area contributed by atoms with Crippen molar-refractivity contribution in [2.45, 2.75) is 6.92 Å². The van der Waals surface area contributed by atoms with Crippen LogP contribution in [0.3, 0.4) is 0 Å². The third kappa shape index (κ3) is 2.43. The Morgan fingerprint density at radius 3 is 2.62 bits per heavy atom. The van der Waals surface area contributed by atoms with Gasteiger partial charge < -0.3 is 14.7 Å². The van der Waals surface area contributed by atoms with E-state index in [0.29, 0.717) is 11.1 Å². The summed E-state index contributed by atoms with van der Waals surface area (Å²) in [6.45, 7) is 1.80. The van der Waals surface area contributed by atoms with Crippen LogP contribution in [0.1, 0.15) is 5.56 Å². The number of rotatable bonds is 2. The van der Waals surface area contributed by atoms with Gasteiger partial charge in [-0.05, 0) is 48.9 Å². The second kappa shape index (κ2) is 4.90. The van der Waals surface area contributed by atoms with Crippen LogP contribution in [-0.4, -0.2) is 20.4 Å². The van der Waals surface area contributed by atoms with Crippen LogP contribution in [0.25, 0.3) is 22.8 Å². The van der Waals surface area contributed by atoms with Crippen LogP contribution in [0.15, 0.2) is 40.9 Å². The molecule has 0 fully saturated rings. The minimum atomic E-state index is -0.750. The van der Waals surface area contributed by atoms with Crippen molar-refractivity contribution in [3.63, 3.8) is 0 Å². The Balaban J connectivity index is 2.01. The lowest BCUT2D eigenvalue weighted by molar-refractivity contribution is 0.429. The molecular weight excluding hydrogens is 275 g/mol. The lowest BCUT2D eigenvalue weighted by Gasteiger charge is -2.00. The zero-order chi connectivity index (χ0) is 15.0. The molecule has 0 unspecified atom stereocenters. The van der Waals surface area contributed by atoms with Crippen molar-refractivity contribution in [3.8, 4) is 34.3 Å². The van der Waals surface area contributed by atoms with E-state index >= 15 is 0 Å². The van der Waals surface area contributed by atoms with E-state index < -0.39 is 11.6 Å². The standard InChI is InChI=1S/C15H11FN2O3/c1-8-6-10(19)3-4-11(8)15-17-14(18-21-15)9-2-5-13(20)12(16)7-9/h2-7,19-20H,1H3. The molecule has 2 N–H and O–H groups in total. The fourth-order valence-electron chi connectivity index (χ4n) is 1.98. The first-order valence-corrected chi connectivity index (χ1v) is 6.17. The zero-order valence-corrected chi connectivity index (χ0v) is 11.0. The van der Waals surface area contributed by atoms with Crippen molar-refractivity contribution in [1.29, 1.82) is 0 Å². The van der Waals surface area contributed by atoms with Crippen LogP contribution < -0.4 is 0 Å². The highest BCUT2D eigenvalue weighted by Gasteiger charge is 2.14. The number of halogens is 1. The van der Waals surface area contributed by atoms with Crippen LogP contribution in [0, 0.1) is 12.7 Å². The Morgan fingerprint density at radius 2 is 1.90 bits per heavy atom. The average molecular weight is 286 g/mol. The van der Waals surface area contributed by atoms with Crippen molar-refractivity contribution in [2.75, 3.05) is 0 Å². The van der Waals surface area contributed by atoms with Crippen LogP contribution in [0.4, 0.5) is 4.39 Å². The van der Waals surface area contributed by atoms with E-state index in [1.807, 2.05) is 0 Å². The largest absolute Gasteiger partial charge is 0.508 e. The van der Waals surface area contributed by atoms with Crippen molar-refractivity contribution in [1.82, 2.24) is 10.1 Å². The summed E-state index contributed by atoms with van der Waals surface area (Å²) in [5, 5.41) is 22.4. The SMILES string of the molecule is Cc1cc(O)ccc1-c1nc(-c2ccc(O)c(F)c2)no1. The second-order valence-electron chi connectivity index (χ2n) is 4.59. The number of phenols is 2. The third-order valence-corrected chi connectivity index (χ3v) is 3.07. The smallest absolute Gasteiger partial charge is 0.258 e. The van der Waals surface area contributed by atoms with E-state index in [1.165, 1.54) is 18.2 Å². The van der Waals surface area contributed by atoms with E-state index in [1.54, 1.807) is 19.1 Å². The summed E-state index contributed by atoms with van der Waals surface area (Å²) >= 11 is 0. The average Bonchev–Trinajstić information content (AvgIpc) is 2.91. The molecule has 21 heavy (non-hydrogen) atoms. The van der Waals surface area contributed by atoms with Gasteiger partial charge in [-0.25, -0.2) is 4.39 Å². The molecule has 0 aliphatic heterocycles. The minimum absolute atomic E-state index is 0.150. The fourth-order valence-corrected chi connectivity index (χ4v) is 1.98. The van der Waals surface area contributed by atoms with Crippen LogP contribution in [-0.2, 0) is 0 Å². The predicted octanol–water partition coefficient (Wildman–Crippen LogP) is 3.26. The van der Waals surface area contributed by atoms with Gasteiger partial charge in [0.2, 0.25) is 5.82 Å². The molecular formula is C15H11FN2O3. The second-order valence-corrected chi connectivity index (χ2v) is 4.59. The monoisotopic (exact) mass is 286 g/mol. The molecule has 106 valence electrons. The molecule has 1 heterocycles. The van der Waals surface area contributed by atoms with E-state index in [2.05, 4.69) is 10.1 Å². The lowest BCUT2D eigenvalue weighted by atomic mass is 10.1. The summed E-state index contributed by atoms with van der Waals surface area (Å²) in [7, 11) is 0. The summed E-state index contributed by atoms with van der Waals surface area (Å²) in [6.07, 6.45) is 0. The number of aromatic nitrogens is 2. The highest BCUT2D eigenvalue weighted by molar-refractivity contribution is 5.63. The summed E-state index contributed by atoms with van der Waals surface area (Å²) in [5.41, 5.74) is 1.87. The van der Waals surface area contributed by atoms with Crippen molar-refractivity contribution < 1.29 is 19.1 Å². The van der Waals surface area contributed by atoms with E-state index in [0.717, 1.165) is 11.6 Å². The molecule has 1 aromatic heterocycles.